The lowest BCUT2D eigenvalue weighted by Gasteiger charge is -2.04. The summed E-state index contributed by atoms with van der Waals surface area (Å²) in [6.45, 7) is 3.44. The Morgan fingerprint density at radius 3 is 2.81 bits per heavy atom. The molecule has 2 rings (SSSR count). The molecule has 0 bridgehead atoms. The molecule has 0 saturated heterocycles. The van der Waals surface area contributed by atoms with Crippen molar-refractivity contribution < 1.29 is 9.52 Å². The van der Waals surface area contributed by atoms with Gasteiger partial charge >= 0.3 is 0 Å². The standard InChI is InChI=1S/C13H15NO2/c1-10-5-6-16-13(10)9-14-8-11-3-2-4-12(15)7-11/h2-7,14-15H,8-9H2,1H3. The van der Waals surface area contributed by atoms with Crippen LogP contribution in [0.5, 0.6) is 5.75 Å². The Balaban J connectivity index is 1.87. The van der Waals surface area contributed by atoms with Gasteiger partial charge in [0.25, 0.3) is 0 Å². The van der Waals surface area contributed by atoms with E-state index in [4.69, 9.17) is 4.42 Å². The van der Waals surface area contributed by atoms with Crippen LogP contribution in [0.25, 0.3) is 0 Å². The Labute approximate surface area is 94.7 Å². The quantitative estimate of drug-likeness (QED) is 0.827. The van der Waals surface area contributed by atoms with E-state index < -0.39 is 0 Å². The first kappa shape index (κ1) is 10.8. The highest BCUT2D eigenvalue weighted by Gasteiger charge is 2.01. The van der Waals surface area contributed by atoms with Crippen LogP contribution in [0.4, 0.5) is 0 Å². The molecule has 2 aromatic rings. The van der Waals surface area contributed by atoms with Gasteiger partial charge in [-0.3, -0.25) is 0 Å². The van der Waals surface area contributed by atoms with Gasteiger partial charge in [0.15, 0.2) is 0 Å². The van der Waals surface area contributed by atoms with Gasteiger partial charge in [0.05, 0.1) is 12.8 Å². The van der Waals surface area contributed by atoms with Crippen LogP contribution in [0.1, 0.15) is 16.9 Å². The molecule has 0 aliphatic heterocycles. The zero-order chi connectivity index (χ0) is 11.4. The number of hydrogen-bond acceptors (Lipinski definition) is 3. The Kier molecular flexibility index (Phi) is 3.27. The molecule has 0 radical (unpaired) electrons. The molecule has 0 aliphatic carbocycles. The first-order valence-corrected chi connectivity index (χ1v) is 5.27. The number of aromatic hydroxyl groups is 1. The molecule has 0 spiro atoms. The van der Waals surface area contributed by atoms with Crippen molar-refractivity contribution in [3.63, 3.8) is 0 Å². The van der Waals surface area contributed by atoms with Crippen molar-refractivity contribution in [2.75, 3.05) is 0 Å². The van der Waals surface area contributed by atoms with E-state index in [1.807, 2.05) is 25.1 Å². The predicted octanol–water partition coefficient (Wildman–Crippen LogP) is 2.58. The van der Waals surface area contributed by atoms with Crippen LogP contribution in [0.2, 0.25) is 0 Å². The van der Waals surface area contributed by atoms with Crippen molar-refractivity contribution in [3.8, 4) is 5.75 Å². The summed E-state index contributed by atoms with van der Waals surface area (Å²) in [6.07, 6.45) is 1.70. The molecule has 1 heterocycles. The highest BCUT2D eigenvalue weighted by molar-refractivity contribution is 5.27. The van der Waals surface area contributed by atoms with Gasteiger partial charge in [-0.2, -0.15) is 0 Å². The Morgan fingerprint density at radius 2 is 2.12 bits per heavy atom. The molecular weight excluding hydrogens is 202 g/mol. The van der Waals surface area contributed by atoms with Crippen LogP contribution in [-0.4, -0.2) is 5.11 Å². The monoisotopic (exact) mass is 217 g/mol. The van der Waals surface area contributed by atoms with E-state index in [2.05, 4.69) is 5.32 Å². The average Bonchev–Trinajstić information content (AvgIpc) is 2.65. The van der Waals surface area contributed by atoms with Crippen LogP contribution in [0, 0.1) is 6.92 Å². The Bertz CT molecular complexity index is 462. The number of benzene rings is 1. The highest BCUT2D eigenvalue weighted by atomic mass is 16.3. The molecule has 0 fully saturated rings. The van der Waals surface area contributed by atoms with Gasteiger partial charge in [0.2, 0.25) is 0 Å². The van der Waals surface area contributed by atoms with Crippen molar-refractivity contribution in [1.29, 1.82) is 0 Å². The van der Waals surface area contributed by atoms with Crippen molar-refractivity contribution in [3.05, 3.63) is 53.5 Å². The number of phenols is 1. The summed E-state index contributed by atoms with van der Waals surface area (Å²) in [5, 5.41) is 12.6. The van der Waals surface area contributed by atoms with Gasteiger partial charge < -0.3 is 14.8 Å². The Hall–Kier alpha value is -1.74. The van der Waals surface area contributed by atoms with Crippen molar-refractivity contribution in [2.45, 2.75) is 20.0 Å². The summed E-state index contributed by atoms with van der Waals surface area (Å²) in [7, 11) is 0. The molecule has 16 heavy (non-hydrogen) atoms. The second kappa shape index (κ2) is 4.86. The maximum atomic E-state index is 9.29. The second-order valence-electron chi connectivity index (χ2n) is 3.80. The van der Waals surface area contributed by atoms with Gasteiger partial charge in [-0.15, -0.1) is 0 Å². The summed E-state index contributed by atoms with van der Waals surface area (Å²) in [5.41, 5.74) is 2.22. The number of hydrogen-bond donors (Lipinski definition) is 2. The molecule has 0 amide bonds. The van der Waals surface area contributed by atoms with E-state index in [-0.39, 0.29) is 0 Å². The van der Waals surface area contributed by atoms with Gasteiger partial charge in [0.1, 0.15) is 11.5 Å². The van der Waals surface area contributed by atoms with E-state index in [1.165, 1.54) is 0 Å². The fourth-order valence-corrected chi connectivity index (χ4v) is 1.57. The number of nitrogens with one attached hydrogen (secondary N) is 1. The first-order valence-electron chi connectivity index (χ1n) is 5.27. The third-order valence-corrected chi connectivity index (χ3v) is 2.49. The number of rotatable bonds is 4. The van der Waals surface area contributed by atoms with E-state index in [9.17, 15) is 5.11 Å². The topological polar surface area (TPSA) is 45.4 Å². The third kappa shape index (κ3) is 2.64. The maximum Gasteiger partial charge on any atom is 0.120 e. The molecule has 0 aliphatic rings. The molecule has 0 unspecified atom stereocenters. The molecular formula is C13H15NO2. The lowest BCUT2D eigenvalue weighted by Crippen LogP contribution is -2.12. The van der Waals surface area contributed by atoms with Crippen LogP contribution >= 0.6 is 0 Å². The maximum absolute atomic E-state index is 9.29. The minimum Gasteiger partial charge on any atom is -0.508 e. The zero-order valence-electron chi connectivity index (χ0n) is 9.23. The fourth-order valence-electron chi connectivity index (χ4n) is 1.57. The normalized spacial score (nSPS) is 10.6. The molecule has 84 valence electrons. The molecule has 3 nitrogen and oxygen atoms in total. The lowest BCUT2D eigenvalue weighted by molar-refractivity contribution is 0.471. The predicted molar refractivity (Wildman–Crippen MR) is 62.1 cm³/mol. The van der Waals surface area contributed by atoms with E-state index in [1.54, 1.807) is 18.4 Å². The smallest absolute Gasteiger partial charge is 0.120 e. The molecule has 1 aromatic carbocycles. The minimum atomic E-state index is 0.300. The van der Waals surface area contributed by atoms with Crippen molar-refractivity contribution in [2.24, 2.45) is 0 Å². The van der Waals surface area contributed by atoms with Crippen molar-refractivity contribution in [1.82, 2.24) is 5.32 Å². The Morgan fingerprint density at radius 1 is 1.25 bits per heavy atom. The summed E-state index contributed by atoms with van der Waals surface area (Å²) >= 11 is 0. The van der Waals surface area contributed by atoms with Crippen LogP contribution < -0.4 is 5.32 Å². The van der Waals surface area contributed by atoms with E-state index in [0.29, 0.717) is 18.8 Å². The fraction of sp³-hybridized carbons (Fsp3) is 0.231. The summed E-state index contributed by atoms with van der Waals surface area (Å²) in [5.74, 6) is 1.26. The number of phenolic OH excluding ortho intramolecular Hbond substituents is 1. The van der Waals surface area contributed by atoms with Gasteiger partial charge in [-0.05, 0) is 36.2 Å². The number of aryl methyl sites for hydroxylation is 1. The van der Waals surface area contributed by atoms with Crippen molar-refractivity contribution >= 4 is 0 Å². The molecule has 3 heteroatoms. The van der Waals surface area contributed by atoms with Crippen LogP contribution in [0.3, 0.4) is 0 Å². The largest absolute Gasteiger partial charge is 0.508 e. The number of furan rings is 1. The first-order chi connectivity index (χ1) is 7.75. The highest BCUT2D eigenvalue weighted by Crippen LogP contribution is 2.11. The summed E-state index contributed by atoms with van der Waals surface area (Å²) in [4.78, 5) is 0. The lowest BCUT2D eigenvalue weighted by atomic mass is 10.2. The van der Waals surface area contributed by atoms with Crippen LogP contribution in [-0.2, 0) is 13.1 Å². The molecule has 0 saturated carbocycles. The summed E-state index contributed by atoms with van der Waals surface area (Å²) in [6, 6.07) is 9.18. The average molecular weight is 217 g/mol. The van der Waals surface area contributed by atoms with E-state index >= 15 is 0 Å². The summed E-state index contributed by atoms with van der Waals surface area (Å²) < 4.78 is 5.31. The minimum absolute atomic E-state index is 0.300. The molecule has 0 atom stereocenters. The molecule has 2 N–H and O–H groups in total. The van der Waals surface area contributed by atoms with E-state index in [0.717, 1.165) is 16.9 Å². The van der Waals surface area contributed by atoms with Gasteiger partial charge in [0, 0.05) is 6.54 Å². The van der Waals surface area contributed by atoms with Crippen LogP contribution in [0.15, 0.2) is 41.0 Å². The second-order valence-corrected chi connectivity index (χ2v) is 3.80. The van der Waals surface area contributed by atoms with Gasteiger partial charge in [-0.1, -0.05) is 12.1 Å². The van der Waals surface area contributed by atoms with Gasteiger partial charge in [-0.25, -0.2) is 0 Å². The molecule has 1 aromatic heterocycles. The SMILES string of the molecule is Cc1ccoc1CNCc1cccc(O)c1. The third-order valence-electron chi connectivity index (χ3n) is 2.49. The zero-order valence-corrected chi connectivity index (χ0v) is 9.23.